The molecule has 0 radical (unpaired) electrons. The third kappa shape index (κ3) is 5.87. The van der Waals surface area contributed by atoms with Gasteiger partial charge in [-0.05, 0) is 36.0 Å². The van der Waals surface area contributed by atoms with Crippen LogP contribution >= 0.6 is 0 Å². The summed E-state index contributed by atoms with van der Waals surface area (Å²) in [6.45, 7) is 6.25. The van der Waals surface area contributed by atoms with Gasteiger partial charge in [0.25, 0.3) is 0 Å². The molecule has 0 saturated heterocycles. The van der Waals surface area contributed by atoms with E-state index < -0.39 is 15.9 Å². The predicted octanol–water partition coefficient (Wildman–Crippen LogP) is 1.81. The molecule has 1 aromatic rings. The zero-order chi connectivity index (χ0) is 14.6. The van der Waals surface area contributed by atoms with Crippen LogP contribution in [0.15, 0.2) is 18.2 Å². The molecule has 19 heavy (non-hydrogen) atoms. The molecule has 5 heteroatoms. The minimum Gasteiger partial charge on any atom is -0.274 e. The molecule has 1 rings (SSSR count). The molecule has 0 atom stereocenters. The molecule has 1 amide bonds. The maximum absolute atomic E-state index is 11.6. The normalized spacial score (nSPS) is 11.6. The van der Waals surface area contributed by atoms with Crippen LogP contribution in [0, 0.1) is 12.8 Å². The summed E-state index contributed by atoms with van der Waals surface area (Å²) in [5.41, 5.74) is 3.11. The molecule has 1 N–H and O–H groups in total. The Hall–Kier alpha value is -1.36. The Morgan fingerprint density at radius 1 is 1.32 bits per heavy atom. The van der Waals surface area contributed by atoms with Crippen LogP contribution in [-0.4, -0.2) is 20.6 Å². The van der Waals surface area contributed by atoms with Gasteiger partial charge in [0.05, 0.1) is 12.7 Å². The first-order valence-corrected chi connectivity index (χ1v) is 8.15. The van der Waals surface area contributed by atoms with E-state index in [1.54, 1.807) is 0 Å². The highest BCUT2D eigenvalue weighted by atomic mass is 32.2. The summed E-state index contributed by atoms with van der Waals surface area (Å²) in [5, 5.41) is 0. The van der Waals surface area contributed by atoms with Crippen LogP contribution in [0.1, 0.15) is 30.5 Å². The Balaban J connectivity index is 2.78. The minimum absolute atomic E-state index is 0.0842. The Kier molecular flexibility index (Phi) is 5.11. The molecule has 0 spiro atoms. The number of hydrogen-bond donors (Lipinski definition) is 1. The molecule has 0 unspecified atom stereocenters. The Morgan fingerprint density at radius 3 is 2.42 bits per heavy atom. The van der Waals surface area contributed by atoms with Gasteiger partial charge in [-0.1, -0.05) is 32.0 Å². The zero-order valence-electron chi connectivity index (χ0n) is 11.9. The van der Waals surface area contributed by atoms with Crippen LogP contribution in [0.5, 0.6) is 0 Å². The lowest BCUT2D eigenvalue weighted by Crippen LogP contribution is -2.30. The van der Waals surface area contributed by atoms with Gasteiger partial charge in [0.15, 0.2) is 0 Å². The second-order valence-electron chi connectivity index (χ2n) is 5.33. The van der Waals surface area contributed by atoms with E-state index in [9.17, 15) is 13.2 Å². The molecule has 0 fully saturated rings. The second-order valence-corrected chi connectivity index (χ2v) is 7.08. The summed E-state index contributed by atoms with van der Waals surface area (Å²) in [7, 11) is -3.48. The summed E-state index contributed by atoms with van der Waals surface area (Å²) < 4.78 is 23.9. The fourth-order valence-electron chi connectivity index (χ4n) is 1.97. The summed E-state index contributed by atoms with van der Waals surface area (Å²) in [6.07, 6.45) is 2.06. The largest absolute Gasteiger partial charge is 0.274 e. The van der Waals surface area contributed by atoms with E-state index in [0.717, 1.165) is 23.8 Å². The molecule has 0 heterocycles. The summed E-state index contributed by atoms with van der Waals surface area (Å²) in [4.78, 5) is 11.6. The second kappa shape index (κ2) is 6.19. The molecule has 0 aliphatic heterocycles. The quantitative estimate of drug-likeness (QED) is 0.896. The lowest BCUT2D eigenvalue weighted by Gasteiger charge is -2.10. The average molecular weight is 283 g/mol. The van der Waals surface area contributed by atoms with Gasteiger partial charge in [-0.15, -0.1) is 0 Å². The van der Waals surface area contributed by atoms with Gasteiger partial charge in [-0.2, -0.15) is 0 Å². The lowest BCUT2D eigenvalue weighted by atomic mass is 9.97. The standard InChI is InChI=1S/C14H21NO3S/c1-10(2)7-12-5-6-13(11(3)8-12)9-14(16)15-19(4,17)18/h5-6,8,10H,7,9H2,1-4H3,(H,15,16). The highest BCUT2D eigenvalue weighted by Crippen LogP contribution is 2.15. The van der Waals surface area contributed by atoms with E-state index in [0.29, 0.717) is 5.92 Å². The van der Waals surface area contributed by atoms with Crippen molar-refractivity contribution in [2.24, 2.45) is 5.92 Å². The van der Waals surface area contributed by atoms with Crippen LogP contribution in [0.25, 0.3) is 0 Å². The SMILES string of the molecule is Cc1cc(CC(C)C)ccc1CC(=O)NS(C)(=O)=O. The number of amides is 1. The van der Waals surface area contributed by atoms with Gasteiger partial charge in [0.1, 0.15) is 0 Å². The predicted molar refractivity (Wildman–Crippen MR) is 76.4 cm³/mol. The van der Waals surface area contributed by atoms with Gasteiger partial charge >= 0.3 is 0 Å². The molecule has 4 nitrogen and oxygen atoms in total. The van der Waals surface area contributed by atoms with Gasteiger partial charge in [-0.25, -0.2) is 8.42 Å². The summed E-state index contributed by atoms with van der Waals surface area (Å²) in [5.74, 6) is 0.0843. The first kappa shape index (κ1) is 15.7. The van der Waals surface area contributed by atoms with Gasteiger partial charge in [0.2, 0.25) is 15.9 Å². The fourth-order valence-corrected chi connectivity index (χ4v) is 2.46. The van der Waals surface area contributed by atoms with Crippen molar-refractivity contribution in [2.75, 3.05) is 6.26 Å². The maximum Gasteiger partial charge on any atom is 0.237 e. The number of carbonyl (C=O) groups is 1. The third-order valence-corrected chi connectivity index (χ3v) is 3.30. The van der Waals surface area contributed by atoms with Crippen molar-refractivity contribution in [3.63, 3.8) is 0 Å². The van der Waals surface area contributed by atoms with Crippen molar-refractivity contribution in [1.82, 2.24) is 4.72 Å². The minimum atomic E-state index is -3.48. The molecule has 106 valence electrons. The van der Waals surface area contributed by atoms with Crippen molar-refractivity contribution >= 4 is 15.9 Å². The van der Waals surface area contributed by atoms with Gasteiger partial charge < -0.3 is 0 Å². The van der Waals surface area contributed by atoms with Gasteiger partial charge in [-0.3, -0.25) is 9.52 Å². The van der Waals surface area contributed by atoms with Crippen molar-refractivity contribution in [3.05, 3.63) is 34.9 Å². The van der Waals surface area contributed by atoms with E-state index in [1.807, 2.05) is 23.8 Å². The average Bonchev–Trinajstić information content (AvgIpc) is 2.18. The number of carbonyl (C=O) groups excluding carboxylic acids is 1. The molecular formula is C14H21NO3S. The number of benzene rings is 1. The van der Waals surface area contributed by atoms with Crippen LogP contribution in [0.4, 0.5) is 0 Å². The van der Waals surface area contributed by atoms with E-state index >= 15 is 0 Å². The van der Waals surface area contributed by atoms with Crippen LogP contribution in [0.3, 0.4) is 0 Å². The Morgan fingerprint density at radius 2 is 1.95 bits per heavy atom. The highest BCUT2D eigenvalue weighted by Gasteiger charge is 2.11. The number of aryl methyl sites for hydroxylation is 1. The van der Waals surface area contributed by atoms with Gasteiger partial charge in [0, 0.05) is 0 Å². The first-order valence-electron chi connectivity index (χ1n) is 6.26. The van der Waals surface area contributed by atoms with Crippen molar-refractivity contribution in [1.29, 1.82) is 0 Å². The number of rotatable bonds is 5. The van der Waals surface area contributed by atoms with Crippen LogP contribution in [0.2, 0.25) is 0 Å². The lowest BCUT2D eigenvalue weighted by molar-refractivity contribution is -0.118. The molecule has 0 aliphatic rings. The molecule has 0 aliphatic carbocycles. The van der Waals surface area contributed by atoms with Crippen molar-refractivity contribution in [2.45, 2.75) is 33.6 Å². The van der Waals surface area contributed by atoms with Crippen LogP contribution < -0.4 is 4.72 Å². The smallest absolute Gasteiger partial charge is 0.237 e. The zero-order valence-corrected chi connectivity index (χ0v) is 12.7. The van der Waals surface area contributed by atoms with Crippen molar-refractivity contribution < 1.29 is 13.2 Å². The Bertz CT molecular complexity index is 562. The van der Waals surface area contributed by atoms with E-state index in [2.05, 4.69) is 19.9 Å². The van der Waals surface area contributed by atoms with Crippen molar-refractivity contribution in [3.8, 4) is 0 Å². The maximum atomic E-state index is 11.6. The van der Waals surface area contributed by atoms with E-state index in [4.69, 9.17) is 0 Å². The molecule has 0 aromatic heterocycles. The van der Waals surface area contributed by atoms with E-state index in [1.165, 1.54) is 5.56 Å². The van der Waals surface area contributed by atoms with Crippen LogP contribution in [-0.2, 0) is 27.7 Å². The number of sulfonamides is 1. The number of hydrogen-bond acceptors (Lipinski definition) is 3. The fraction of sp³-hybridized carbons (Fsp3) is 0.500. The molecular weight excluding hydrogens is 262 g/mol. The monoisotopic (exact) mass is 283 g/mol. The Labute approximate surface area is 115 Å². The highest BCUT2D eigenvalue weighted by molar-refractivity contribution is 7.89. The van der Waals surface area contributed by atoms with E-state index in [-0.39, 0.29) is 6.42 Å². The topological polar surface area (TPSA) is 63.2 Å². The summed E-state index contributed by atoms with van der Waals surface area (Å²) >= 11 is 0. The third-order valence-electron chi connectivity index (χ3n) is 2.70. The summed E-state index contributed by atoms with van der Waals surface area (Å²) in [6, 6.07) is 5.95. The molecule has 0 saturated carbocycles. The first-order chi connectivity index (χ1) is 8.67. The number of nitrogens with one attached hydrogen (secondary N) is 1. The molecule has 1 aromatic carbocycles. The molecule has 0 bridgehead atoms.